The first-order valence-corrected chi connectivity index (χ1v) is 7.89. The minimum Gasteiger partial charge on any atom is -0.489 e. The number of primary amides is 1. The predicted octanol–water partition coefficient (Wildman–Crippen LogP) is 2.70. The lowest BCUT2D eigenvalue weighted by molar-refractivity contribution is -0.123. The van der Waals surface area contributed by atoms with E-state index in [1.807, 2.05) is 36.5 Å². The van der Waals surface area contributed by atoms with Gasteiger partial charge in [-0.25, -0.2) is 4.68 Å². The lowest BCUT2D eigenvalue weighted by atomic mass is 10.2. The van der Waals surface area contributed by atoms with Crippen molar-refractivity contribution in [3.05, 3.63) is 72.6 Å². The summed E-state index contributed by atoms with van der Waals surface area (Å²) in [5.41, 5.74) is 7.23. The maximum Gasteiger partial charge on any atom is 0.258 e. The molecule has 1 aromatic heterocycles. The summed E-state index contributed by atoms with van der Waals surface area (Å²) in [6, 6.07) is 17.0. The molecule has 3 aromatic rings. The molecule has 0 spiro atoms. The summed E-state index contributed by atoms with van der Waals surface area (Å²) >= 11 is 0. The van der Waals surface area contributed by atoms with Gasteiger partial charge in [-0.15, -0.1) is 0 Å². The molecule has 1 amide bonds. The molecule has 0 aliphatic rings. The summed E-state index contributed by atoms with van der Waals surface area (Å²) in [6.07, 6.45) is 2.98. The summed E-state index contributed by atoms with van der Waals surface area (Å²) in [5, 5.41) is 4.19. The van der Waals surface area contributed by atoms with E-state index in [4.69, 9.17) is 15.2 Å². The van der Waals surface area contributed by atoms with E-state index >= 15 is 0 Å². The number of hydrogen-bond donors (Lipinski definition) is 1. The smallest absolute Gasteiger partial charge is 0.258 e. The van der Waals surface area contributed by atoms with Crippen molar-refractivity contribution in [2.24, 2.45) is 5.73 Å². The van der Waals surface area contributed by atoms with E-state index in [9.17, 15) is 4.79 Å². The molecular formula is C19H19N3O3. The monoisotopic (exact) mass is 337 g/mol. The Bertz CT molecular complexity index is 812. The fourth-order valence-corrected chi connectivity index (χ4v) is 2.21. The van der Waals surface area contributed by atoms with Crippen LogP contribution in [0.3, 0.4) is 0 Å². The van der Waals surface area contributed by atoms with Crippen molar-refractivity contribution in [2.45, 2.75) is 19.6 Å². The molecule has 1 heterocycles. The Kier molecular flexibility index (Phi) is 4.99. The molecule has 6 nitrogen and oxygen atoms in total. The minimum absolute atomic E-state index is 0.456. The van der Waals surface area contributed by atoms with Crippen LogP contribution in [0.15, 0.2) is 67.0 Å². The number of carbonyl (C=O) groups excluding carboxylic acids is 1. The molecule has 0 fully saturated rings. The number of hydrogen-bond acceptors (Lipinski definition) is 4. The van der Waals surface area contributed by atoms with Gasteiger partial charge < -0.3 is 15.2 Å². The molecule has 128 valence electrons. The van der Waals surface area contributed by atoms with Gasteiger partial charge in [-0.2, -0.15) is 5.10 Å². The summed E-state index contributed by atoms with van der Waals surface area (Å²) in [6.45, 7) is 2.07. The second-order valence-corrected chi connectivity index (χ2v) is 5.54. The molecule has 2 N–H and O–H groups in total. The predicted molar refractivity (Wildman–Crippen MR) is 93.6 cm³/mol. The van der Waals surface area contributed by atoms with E-state index in [2.05, 4.69) is 5.10 Å². The van der Waals surface area contributed by atoms with Crippen molar-refractivity contribution in [2.75, 3.05) is 0 Å². The first-order chi connectivity index (χ1) is 12.1. The molecule has 1 atom stereocenters. The van der Waals surface area contributed by atoms with Gasteiger partial charge in [0, 0.05) is 12.4 Å². The van der Waals surface area contributed by atoms with Crippen molar-refractivity contribution < 1.29 is 14.3 Å². The van der Waals surface area contributed by atoms with E-state index in [0.29, 0.717) is 12.4 Å². The Morgan fingerprint density at radius 1 is 1.12 bits per heavy atom. The van der Waals surface area contributed by atoms with E-state index in [1.165, 1.54) is 0 Å². The van der Waals surface area contributed by atoms with Crippen LogP contribution in [0.2, 0.25) is 0 Å². The van der Waals surface area contributed by atoms with Gasteiger partial charge in [0.2, 0.25) is 0 Å². The average molecular weight is 337 g/mol. The summed E-state index contributed by atoms with van der Waals surface area (Å²) in [7, 11) is 0. The number of ether oxygens (including phenoxy) is 2. The van der Waals surface area contributed by atoms with Crippen molar-refractivity contribution in [1.82, 2.24) is 9.78 Å². The highest BCUT2D eigenvalue weighted by atomic mass is 16.5. The molecule has 0 bridgehead atoms. The van der Waals surface area contributed by atoms with E-state index in [1.54, 1.807) is 42.1 Å². The van der Waals surface area contributed by atoms with Crippen molar-refractivity contribution >= 4 is 5.91 Å². The zero-order valence-corrected chi connectivity index (χ0v) is 13.8. The fourth-order valence-electron chi connectivity index (χ4n) is 2.21. The highest BCUT2D eigenvalue weighted by Gasteiger charge is 2.09. The second-order valence-electron chi connectivity index (χ2n) is 5.54. The Hall–Kier alpha value is -3.28. The molecule has 0 saturated carbocycles. The van der Waals surface area contributed by atoms with Gasteiger partial charge >= 0.3 is 0 Å². The first kappa shape index (κ1) is 16.6. The Morgan fingerprint density at radius 2 is 1.80 bits per heavy atom. The third-order valence-corrected chi connectivity index (χ3v) is 3.65. The van der Waals surface area contributed by atoms with Gasteiger partial charge in [-0.1, -0.05) is 12.1 Å². The van der Waals surface area contributed by atoms with Gasteiger partial charge in [0.25, 0.3) is 5.91 Å². The van der Waals surface area contributed by atoms with E-state index < -0.39 is 12.0 Å². The summed E-state index contributed by atoms with van der Waals surface area (Å²) < 4.78 is 13.0. The topological polar surface area (TPSA) is 79.4 Å². The maximum absolute atomic E-state index is 11.0. The van der Waals surface area contributed by atoms with E-state index in [0.717, 1.165) is 17.0 Å². The molecule has 25 heavy (non-hydrogen) atoms. The zero-order valence-electron chi connectivity index (χ0n) is 13.8. The highest BCUT2D eigenvalue weighted by Crippen LogP contribution is 2.20. The average Bonchev–Trinajstić information content (AvgIpc) is 3.16. The summed E-state index contributed by atoms with van der Waals surface area (Å²) in [4.78, 5) is 11.0. The molecule has 2 aromatic carbocycles. The Labute approximate surface area is 145 Å². The molecule has 3 rings (SSSR count). The molecule has 0 aliphatic carbocycles. The molecular weight excluding hydrogens is 318 g/mol. The fraction of sp³-hybridized carbons (Fsp3) is 0.158. The van der Waals surface area contributed by atoms with Crippen LogP contribution in [-0.2, 0) is 11.4 Å². The quantitative estimate of drug-likeness (QED) is 0.719. The number of carbonyl (C=O) groups is 1. The number of nitrogens with two attached hydrogens (primary N) is 1. The molecule has 1 unspecified atom stereocenters. The third kappa shape index (κ3) is 4.38. The van der Waals surface area contributed by atoms with Crippen molar-refractivity contribution in [3.63, 3.8) is 0 Å². The van der Waals surface area contributed by atoms with Gasteiger partial charge in [0.05, 0.1) is 5.69 Å². The molecule has 0 saturated heterocycles. The number of rotatable bonds is 7. The van der Waals surface area contributed by atoms with Gasteiger partial charge in [-0.05, 0) is 55.0 Å². The van der Waals surface area contributed by atoms with Crippen LogP contribution in [0, 0.1) is 0 Å². The van der Waals surface area contributed by atoms with Crippen LogP contribution < -0.4 is 15.2 Å². The normalized spacial score (nSPS) is 11.7. The zero-order chi connectivity index (χ0) is 17.6. The van der Waals surface area contributed by atoms with Crippen molar-refractivity contribution in [1.29, 1.82) is 0 Å². The second kappa shape index (κ2) is 7.53. The lowest BCUT2D eigenvalue weighted by Crippen LogP contribution is -2.30. The third-order valence-electron chi connectivity index (χ3n) is 3.65. The van der Waals surface area contributed by atoms with Gasteiger partial charge in [0.1, 0.15) is 18.1 Å². The number of benzene rings is 2. The molecule has 6 heteroatoms. The number of amides is 1. The lowest BCUT2D eigenvalue weighted by Gasteiger charge is -2.12. The van der Waals surface area contributed by atoms with Crippen LogP contribution in [0.5, 0.6) is 11.5 Å². The van der Waals surface area contributed by atoms with Crippen LogP contribution >= 0.6 is 0 Å². The van der Waals surface area contributed by atoms with Crippen LogP contribution in [0.25, 0.3) is 5.69 Å². The maximum atomic E-state index is 11.0. The van der Waals surface area contributed by atoms with Crippen LogP contribution in [0.4, 0.5) is 0 Å². The number of nitrogens with zero attached hydrogens (tertiary/aromatic N) is 2. The van der Waals surface area contributed by atoms with Crippen LogP contribution in [-0.4, -0.2) is 21.8 Å². The minimum atomic E-state index is -0.667. The van der Waals surface area contributed by atoms with Gasteiger partial charge in [0.15, 0.2) is 6.10 Å². The highest BCUT2D eigenvalue weighted by molar-refractivity contribution is 5.78. The molecule has 0 aliphatic heterocycles. The molecule has 0 radical (unpaired) electrons. The van der Waals surface area contributed by atoms with Crippen molar-refractivity contribution in [3.8, 4) is 17.2 Å². The SMILES string of the molecule is CC(Oc1ccc(OCc2ccc(-n3cccn3)cc2)cc1)C(N)=O. The standard InChI is InChI=1S/C19H19N3O3/c1-14(19(20)23)25-18-9-7-17(8-10-18)24-13-15-3-5-16(6-4-15)22-12-2-11-21-22/h2-12,14H,13H2,1H3,(H2,20,23). The summed E-state index contributed by atoms with van der Waals surface area (Å²) in [5.74, 6) is 0.788. The first-order valence-electron chi connectivity index (χ1n) is 7.89. The van der Waals surface area contributed by atoms with Gasteiger partial charge in [-0.3, -0.25) is 4.79 Å². The van der Waals surface area contributed by atoms with E-state index in [-0.39, 0.29) is 0 Å². The Balaban J connectivity index is 1.55. The van der Waals surface area contributed by atoms with Crippen LogP contribution in [0.1, 0.15) is 12.5 Å². The Morgan fingerprint density at radius 3 is 2.40 bits per heavy atom. The largest absolute Gasteiger partial charge is 0.489 e. The number of aromatic nitrogens is 2.